The third-order valence-corrected chi connectivity index (χ3v) is 2.61. The molecule has 82 valence electrons. The molecular formula is C10H11BrFNO2. The van der Waals surface area contributed by atoms with Crippen molar-refractivity contribution >= 4 is 27.6 Å². The highest BCUT2D eigenvalue weighted by molar-refractivity contribution is 9.10. The Labute approximate surface area is 95.5 Å². The molecule has 0 amide bonds. The second kappa shape index (κ2) is 5.11. The standard InChI is InChI=1S/C10H11BrFNO2/c1-2-15-9(14)5-6-3-7(12)10(11)8(13)4-6/h3-4H,2,5,13H2,1H3. The summed E-state index contributed by atoms with van der Waals surface area (Å²) in [6.07, 6.45) is 0.0300. The molecule has 1 rings (SSSR count). The number of hydrogen-bond donors (Lipinski definition) is 1. The molecule has 3 nitrogen and oxygen atoms in total. The molecular weight excluding hydrogens is 265 g/mol. The molecule has 0 aliphatic rings. The molecule has 0 aromatic heterocycles. The molecule has 1 aromatic carbocycles. The summed E-state index contributed by atoms with van der Waals surface area (Å²) in [6, 6.07) is 2.81. The molecule has 0 bridgehead atoms. The lowest BCUT2D eigenvalue weighted by atomic mass is 10.1. The van der Waals surface area contributed by atoms with Gasteiger partial charge in [-0.2, -0.15) is 0 Å². The van der Waals surface area contributed by atoms with Gasteiger partial charge in [-0.3, -0.25) is 4.79 Å². The van der Waals surface area contributed by atoms with E-state index in [2.05, 4.69) is 15.9 Å². The fourth-order valence-electron chi connectivity index (χ4n) is 1.15. The molecule has 0 fully saturated rings. The number of nitrogens with two attached hydrogens (primary N) is 1. The van der Waals surface area contributed by atoms with Crippen LogP contribution >= 0.6 is 15.9 Å². The number of esters is 1. The Kier molecular flexibility index (Phi) is 4.08. The van der Waals surface area contributed by atoms with Crippen molar-refractivity contribution in [3.05, 3.63) is 28.0 Å². The van der Waals surface area contributed by atoms with Crippen LogP contribution in [0.4, 0.5) is 10.1 Å². The van der Waals surface area contributed by atoms with E-state index in [-0.39, 0.29) is 16.6 Å². The molecule has 0 aliphatic carbocycles. The van der Waals surface area contributed by atoms with Gasteiger partial charge < -0.3 is 10.5 Å². The molecule has 0 atom stereocenters. The molecule has 2 N–H and O–H groups in total. The maximum absolute atomic E-state index is 13.2. The van der Waals surface area contributed by atoms with E-state index in [4.69, 9.17) is 10.5 Å². The molecule has 0 saturated heterocycles. The summed E-state index contributed by atoms with van der Waals surface area (Å²) >= 11 is 2.99. The van der Waals surface area contributed by atoms with Gasteiger partial charge >= 0.3 is 5.97 Å². The molecule has 0 unspecified atom stereocenters. The normalized spacial score (nSPS) is 10.1. The van der Waals surface area contributed by atoms with Crippen molar-refractivity contribution in [1.29, 1.82) is 0 Å². The van der Waals surface area contributed by atoms with Crippen molar-refractivity contribution in [1.82, 2.24) is 0 Å². The van der Waals surface area contributed by atoms with Crippen LogP contribution in [-0.2, 0) is 16.0 Å². The maximum Gasteiger partial charge on any atom is 0.310 e. The van der Waals surface area contributed by atoms with Gasteiger partial charge in [0.15, 0.2) is 0 Å². The van der Waals surface area contributed by atoms with E-state index in [9.17, 15) is 9.18 Å². The van der Waals surface area contributed by atoms with Crippen LogP contribution in [0, 0.1) is 5.82 Å². The number of halogens is 2. The van der Waals surface area contributed by atoms with Crippen LogP contribution in [0.15, 0.2) is 16.6 Å². The molecule has 0 aliphatic heterocycles. The van der Waals surface area contributed by atoms with Crippen LogP contribution in [0.5, 0.6) is 0 Å². The van der Waals surface area contributed by atoms with E-state index < -0.39 is 11.8 Å². The minimum atomic E-state index is -0.478. The molecule has 1 aromatic rings. The first-order chi connectivity index (χ1) is 7.04. The van der Waals surface area contributed by atoms with Crippen molar-refractivity contribution < 1.29 is 13.9 Å². The molecule has 5 heteroatoms. The Morgan fingerprint density at radius 1 is 1.60 bits per heavy atom. The van der Waals surface area contributed by atoms with Crippen LogP contribution in [0.2, 0.25) is 0 Å². The topological polar surface area (TPSA) is 52.3 Å². The van der Waals surface area contributed by atoms with Gasteiger partial charge in [-0.1, -0.05) is 0 Å². The first-order valence-corrected chi connectivity index (χ1v) is 5.23. The molecule has 15 heavy (non-hydrogen) atoms. The first kappa shape index (κ1) is 12.0. The van der Waals surface area contributed by atoms with E-state index in [1.54, 1.807) is 13.0 Å². The Morgan fingerprint density at radius 2 is 2.27 bits per heavy atom. The number of nitrogen functional groups attached to an aromatic ring is 1. The Morgan fingerprint density at radius 3 is 2.80 bits per heavy atom. The van der Waals surface area contributed by atoms with E-state index in [1.807, 2.05) is 0 Å². The minimum absolute atomic E-state index is 0.0300. The van der Waals surface area contributed by atoms with Crippen LogP contribution in [0.25, 0.3) is 0 Å². The lowest BCUT2D eigenvalue weighted by Crippen LogP contribution is -2.08. The van der Waals surface area contributed by atoms with Gasteiger partial charge in [0.05, 0.1) is 17.5 Å². The fourth-order valence-corrected chi connectivity index (χ4v) is 1.38. The van der Waals surface area contributed by atoms with E-state index in [0.717, 1.165) is 0 Å². The zero-order valence-electron chi connectivity index (χ0n) is 8.22. The summed E-state index contributed by atoms with van der Waals surface area (Å²) in [4.78, 5) is 11.1. The average molecular weight is 276 g/mol. The summed E-state index contributed by atoms with van der Waals surface area (Å²) in [5, 5.41) is 0. The summed E-state index contributed by atoms with van der Waals surface area (Å²) in [5.74, 6) is -0.868. The zero-order chi connectivity index (χ0) is 11.4. The molecule has 0 radical (unpaired) electrons. The van der Waals surface area contributed by atoms with E-state index in [0.29, 0.717) is 12.2 Å². The highest BCUT2D eigenvalue weighted by Gasteiger charge is 2.09. The van der Waals surface area contributed by atoms with Gasteiger partial charge in [-0.05, 0) is 40.5 Å². The molecule has 0 heterocycles. The van der Waals surface area contributed by atoms with Crippen molar-refractivity contribution in [3.63, 3.8) is 0 Å². The van der Waals surface area contributed by atoms with Crippen LogP contribution in [-0.4, -0.2) is 12.6 Å². The Balaban J connectivity index is 2.83. The number of carbonyl (C=O) groups is 1. The zero-order valence-corrected chi connectivity index (χ0v) is 9.80. The Hall–Kier alpha value is -1.10. The second-order valence-corrected chi connectivity index (χ2v) is 3.76. The van der Waals surface area contributed by atoms with Gasteiger partial charge in [-0.15, -0.1) is 0 Å². The van der Waals surface area contributed by atoms with Gasteiger partial charge in [0.1, 0.15) is 5.82 Å². The number of hydrogen-bond acceptors (Lipinski definition) is 3. The second-order valence-electron chi connectivity index (χ2n) is 2.96. The fraction of sp³-hybridized carbons (Fsp3) is 0.300. The van der Waals surface area contributed by atoms with E-state index in [1.165, 1.54) is 6.07 Å². The van der Waals surface area contributed by atoms with Gasteiger partial charge in [0.2, 0.25) is 0 Å². The number of benzene rings is 1. The highest BCUT2D eigenvalue weighted by atomic mass is 79.9. The maximum atomic E-state index is 13.2. The number of anilines is 1. The first-order valence-electron chi connectivity index (χ1n) is 4.43. The summed E-state index contributed by atoms with van der Waals surface area (Å²) < 4.78 is 18.2. The van der Waals surface area contributed by atoms with Gasteiger partial charge in [0.25, 0.3) is 0 Å². The molecule has 0 spiro atoms. The smallest absolute Gasteiger partial charge is 0.310 e. The van der Waals surface area contributed by atoms with Gasteiger partial charge in [-0.25, -0.2) is 4.39 Å². The van der Waals surface area contributed by atoms with Crippen LogP contribution in [0.1, 0.15) is 12.5 Å². The van der Waals surface area contributed by atoms with Crippen molar-refractivity contribution in [2.45, 2.75) is 13.3 Å². The molecule has 0 saturated carbocycles. The quantitative estimate of drug-likeness (QED) is 0.680. The van der Waals surface area contributed by atoms with Crippen molar-refractivity contribution in [2.24, 2.45) is 0 Å². The lowest BCUT2D eigenvalue weighted by Gasteiger charge is -2.05. The number of ether oxygens (including phenoxy) is 1. The van der Waals surface area contributed by atoms with Crippen molar-refractivity contribution in [3.8, 4) is 0 Å². The Bertz CT molecular complexity index is 359. The third kappa shape index (κ3) is 3.20. The average Bonchev–Trinajstić information content (AvgIpc) is 2.14. The largest absolute Gasteiger partial charge is 0.466 e. The SMILES string of the molecule is CCOC(=O)Cc1cc(N)c(Br)c(F)c1. The number of rotatable bonds is 3. The monoisotopic (exact) mass is 275 g/mol. The predicted octanol–water partition coefficient (Wildman–Crippen LogP) is 2.28. The summed E-state index contributed by atoms with van der Waals surface area (Å²) in [7, 11) is 0. The van der Waals surface area contributed by atoms with Gasteiger partial charge in [0, 0.05) is 5.69 Å². The van der Waals surface area contributed by atoms with Crippen LogP contribution < -0.4 is 5.73 Å². The van der Waals surface area contributed by atoms with Crippen molar-refractivity contribution in [2.75, 3.05) is 12.3 Å². The summed E-state index contributed by atoms with van der Waals surface area (Å²) in [5.41, 5.74) is 6.31. The number of carbonyl (C=O) groups excluding carboxylic acids is 1. The third-order valence-electron chi connectivity index (χ3n) is 1.77. The van der Waals surface area contributed by atoms with E-state index >= 15 is 0 Å². The minimum Gasteiger partial charge on any atom is -0.466 e. The summed E-state index contributed by atoms with van der Waals surface area (Å²) in [6.45, 7) is 2.03. The highest BCUT2D eigenvalue weighted by Crippen LogP contribution is 2.24. The lowest BCUT2D eigenvalue weighted by molar-refractivity contribution is -0.142. The predicted molar refractivity (Wildman–Crippen MR) is 58.8 cm³/mol. The van der Waals surface area contributed by atoms with Crippen LogP contribution in [0.3, 0.4) is 0 Å².